The van der Waals surface area contributed by atoms with Crippen molar-refractivity contribution >= 4 is 5.91 Å². The maximum absolute atomic E-state index is 12.0. The molecular formula is C14H24N4O. The number of amides is 1. The highest BCUT2D eigenvalue weighted by Crippen LogP contribution is 2.20. The molecule has 0 radical (unpaired) electrons. The van der Waals surface area contributed by atoms with Crippen LogP contribution in [0.25, 0.3) is 0 Å². The number of nitrogens with one attached hydrogen (secondary N) is 1. The number of hydrogen-bond donors (Lipinski definition) is 1. The van der Waals surface area contributed by atoms with Crippen LogP contribution in [0.4, 0.5) is 0 Å². The summed E-state index contributed by atoms with van der Waals surface area (Å²) in [5.74, 6) is 0.108. The van der Waals surface area contributed by atoms with Crippen LogP contribution in [0, 0.1) is 13.8 Å². The third-order valence-electron chi connectivity index (χ3n) is 3.94. The molecule has 19 heavy (non-hydrogen) atoms. The minimum atomic E-state index is 0.0174. The number of carbonyl (C=O) groups is 1. The molecule has 1 atom stereocenters. The number of rotatable bonds is 4. The molecular weight excluding hydrogens is 240 g/mol. The van der Waals surface area contributed by atoms with Crippen molar-refractivity contribution in [1.82, 2.24) is 20.0 Å². The molecule has 1 aliphatic heterocycles. The molecule has 0 spiro atoms. The summed E-state index contributed by atoms with van der Waals surface area (Å²) >= 11 is 0. The fraction of sp³-hybridized carbons (Fsp3) is 0.714. The highest BCUT2D eigenvalue weighted by molar-refractivity contribution is 5.78. The van der Waals surface area contributed by atoms with E-state index in [0.717, 1.165) is 30.0 Å². The van der Waals surface area contributed by atoms with Crippen LogP contribution in [-0.4, -0.2) is 40.2 Å². The van der Waals surface area contributed by atoms with E-state index in [-0.39, 0.29) is 11.9 Å². The second-order valence-corrected chi connectivity index (χ2v) is 5.48. The average Bonchev–Trinajstić information content (AvgIpc) is 2.88. The standard InChI is InChI=1S/C14H24N4O/c1-10(14-11(2)16-17(4)12(14)3)15-13(19)9-18-7-5-6-8-18/h10H,5-9H2,1-4H3,(H,15,19)/t10-/m0/s1. The highest BCUT2D eigenvalue weighted by atomic mass is 16.2. The van der Waals surface area contributed by atoms with E-state index in [4.69, 9.17) is 0 Å². The van der Waals surface area contributed by atoms with Crippen LogP contribution < -0.4 is 5.32 Å². The largest absolute Gasteiger partial charge is 0.348 e. The molecule has 5 nitrogen and oxygen atoms in total. The summed E-state index contributed by atoms with van der Waals surface area (Å²) in [6, 6.07) is 0.0174. The van der Waals surface area contributed by atoms with Crippen molar-refractivity contribution < 1.29 is 4.79 Å². The number of nitrogens with zero attached hydrogens (tertiary/aromatic N) is 3. The Hall–Kier alpha value is -1.36. The average molecular weight is 264 g/mol. The molecule has 2 heterocycles. The summed E-state index contributed by atoms with van der Waals surface area (Å²) in [6.45, 7) is 8.67. The lowest BCUT2D eigenvalue weighted by atomic mass is 10.1. The summed E-state index contributed by atoms with van der Waals surface area (Å²) in [4.78, 5) is 14.2. The van der Waals surface area contributed by atoms with Gasteiger partial charge in [-0.2, -0.15) is 5.10 Å². The predicted molar refractivity (Wildman–Crippen MR) is 74.9 cm³/mol. The molecule has 0 unspecified atom stereocenters. The molecule has 106 valence electrons. The molecule has 2 rings (SSSR count). The number of hydrogen-bond acceptors (Lipinski definition) is 3. The zero-order valence-corrected chi connectivity index (χ0v) is 12.4. The molecule has 1 N–H and O–H groups in total. The van der Waals surface area contributed by atoms with Gasteiger partial charge in [0.15, 0.2) is 0 Å². The monoisotopic (exact) mass is 264 g/mol. The molecule has 0 saturated carbocycles. The fourth-order valence-electron chi connectivity index (χ4n) is 2.92. The lowest BCUT2D eigenvalue weighted by molar-refractivity contribution is -0.122. The van der Waals surface area contributed by atoms with E-state index in [0.29, 0.717) is 6.54 Å². The Morgan fingerprint density at radius 2 is 2.00 bits per heavy atom. The van der Waals surface area contributed by atoms with Crippen molar-refractivity contribution in [2.75, 3.05) is 19.6 Å². The number of aromatic nitrogens is 2. The van der Waals surface area contributed by atoms with Crippen LogP contribution in [0.3, 0.4) is 0 Å². The van der Waals surface area contributed by atoms with E-state index in [1.807, 2.05) is 32.5 Å². The van der Waals surface area contributed by atoms with Crippen molar-refractivity contribution in [3.05, 3.63) is 17.0 Å². The zero-order valence-electron chi connectivity index (χ0n) is 12.4. The summed E-state index contributed by atoms with van der Waals surface area (Å²) < 4.78 is 1.87. The Morgan fingerprint density at radius 1 is 1.37 bits per heavy atom. The van der Waals surface area contributed by atoms with Gasteiger partial charge >= 0.3 is 0 Å². The quantitative estimate of drug-likeness (QED) is 0.892. The van der Waals surface area contributed by atoms with Crippen LogP contribution >= 0.6 is 0 Å². The summed E-state index contributed by atoms with van der Waals surface area (Å²) in [5, 5.41) is 7.48. The Kier molecular flexibility index (Phi) is 4.24. The Balaban J connectivity index is 1.96. The predicted octanol–water partition coefficient (Wildman–Crippen LogP) is 1.31. The summed E-state index contributed by atoms with van der Waals surface area (Å²) in [6.07, 6.45) is 2.42. The smallest absolute Gasteiger partial charge is 0.234 e. The number of likely N-dealkylation sites (tertiary alicyclic amines) is 1. The van der Waals surface area contributed by atoms with Crippen LogP contribution in [0.15, 0.2) is 0 Å². The minimum absolute atomic E-state index is 0.0174. The topological polar surface area (TPSA) is 50.2 Å². The molecule has 1 fully saturated rings. The van der Waals surface area contributed by atoms with E-state index >= 15 is 0 Å². The van der Waals surface area contributed by atoms with E-state index in [1.54, 1.807) is 0 Å². The molecule has 1 saturated heterocycles. The van der Waals surface area contributed by atoms with Crippen LogP contribution in [0.1, 0.15) is 42.8 Å². The van der Waals surface area contributed by atoms with Gasteiger partial charge in [-0.05, 0) is 46.7 Å². The van der Waals surface area contributed by atoms with Crippen LogP contribution in [-0.2, 0) is 11.8 Å². The third-order valence-corrected chi connectivity index (χ3v) is 3.94. The van der Waals surface area contributed by atoms with Gasteiger partial charge < -0.3 is 5.32 Å². The first-order valence-electron chi connectivity index (χ1n) is 7.01. The summed E-state index contributed by atoms with van der Waals surface area (Å²) in [7, 11) is 1.94. The Morgan fingerprint density at radius 3 is 2.53 bits per heavy atom. The lowest BCUT2D eigenvalue weighted by Gasteiger charge is -2.18. The van der Waals surface area contributed by atoms with Gasteiger partial charge in [-0.3, -0.25) is 14.4 Å². The van der Waals surface area contributed by atoms with Gasteiger partial charge in [0, 0.05) is 18.3 Å². The maximum atomic E-state index is 12.0. The second-order valence-electron chi connectivity index (χ2n) is 5.48. The Labute approximate surface area is 115 Å². The van der Waals surface area contributed by atoms with E-state index in [1.165, 1.54) is 12.8 Å². The molecule has 1 aliphatic rings. The maximum Gasteiger partial charge on any atom is 0.234 e. The van der Waals surface area contributed by atoms with Gasteiger partial charge in [0.1, 0.15) is 0 Å². The Bertz CT molecular complexity index is 460. The first-order valence-corrected chi connectivity index (χ1v) is 7.01. The summed E-state index contributed by atoms with van der Waals surface area (Å²) in [5.41, 5.74) is 3.25. The van der Waals surface area contributed by atoms with E-state index < -0.39 is 0 Å². The molecule has 5 heteroatoms. The van der Waals surface area contributed by atoms with Gasteiger partial charge in [0.25, 0.3) is 0 Å². The number of aryl methyl sites for hydroxylation is 2. The molecule has 1 aromatic rings. The van der Waals surface area contributed by atoms with Gasteiger partial charge in [0.2, 0.25) is 5.91 Å². The number of carbonyl (C=O) groups excluding carboxylic acids is 1. The van der Waals surface area contributed by atoms with Crippen LogP contribution in [0.5, 0.6) is 0 Å². The first-order chi connectivity index (χ1) is 8.99. The third kappa shape index (κ3) is 3.15. The lowest BCUT2D eigenvalue weighted by Crippen LogP contribution is -2.37. The van der Waals surface area contributed by atoms with Crippen molar-refractivity contribution in [1.29, 1.82) is 0 Å². The van der Waals surface area contributed by atoms with Gasteiger partial charge in [-0.25, -0.2) is 0 Å². The molecule has 0 bridgehead atoms. The fourth-order valence-corrected chi connectivity index (χ4v) is 2.92. The zero-order chi connectivity index (χ0) is 14.0. The molecule has 0 aromatic carbocycles. The van der Waals surface area contributed by atoms with Gasteiger partial charge in [0.05, 0.1) is 18.3 Å². The first kappa shape index (κ1) is 14.1. The van der Waals surface area contributed by atoms with Crippen molar-refractivity contribution in [3.63, 3.8) is 0 Å². The molecule has 1 aromatic heterocycles. The van der Waals surface area contributed by atoms with Crippen molar-refractivity contribution in [3.8, 4) is 0 Å². The van der Waals surface area contributed by atoms with Crippen LogP contribution in [0.2, 0.25) is 0 Å². The highest BCUT2D eigenvalue weighted by Gasteiger charge is 2.20. The van der Waals surface area contributed by atoms with Crippen molar-refractivity contribution in [2.45, 2.75) is 39.7 Å². The van der Waals surface area contributed by atoms with E-state index in [9.17, 15) is 4.79 Å². The van der Waals surface area contributed by atoms with Crippen molar-refractivity contribution in [2.24, 2.45) is 7.05 Å². The minimum Gasteiger partial charge on any atom is -0.348 e. The SMILES string of the molecule is Cc1nn(C)c(C)c1[C@H](C)NC(=O)CN1CCCC1. The van der Waals surface area contributed by atoms with Gasteiger partial charge in [-0.15, -0.1) is 0 Å². The van der Waals surface area contributed by atoms with E-state index in [2.05, 4.69) is 15.3 Å². The normalized spacial score (nSPS) is 17.7. The second kappa shape index (κ2) is 5.74. The molecule has 1 amide bonds. The van der Waals surface area contributed by atoms with Gasteiger partial charge in [-0.1, -0.05) is 0 Å². The molecule has 0 aliphatic carbocycles.